The molecule has 0 radical (unpaired) electrons. The van der Waals surface area contributed by atoms with Crippen LogP contribution in [0.15, 0.2) is 18.6 Å². The maximum absolute atomic E-state index is 11.8. The number of fused-ring (bicyclic) bond motifs is 1. The number of nitrogens with one attached hydrogen (secondary N) is 2. The van der Waals surface area contributed by atoms with Gasteiger partial charge in [-0.05, 0) is 13.8 Å². The highest BCUT2D eigenvalue weighted by atomic mass is 16.2. The van der Waals surface area contributed by atoms with Gasteiger partial charge in [0.25, 0.3) is 0 Å². The second kappa shape index (κ2) is 5.74. The van der Waals surface area contributed by atoms with Gasteiger partial charge in [0, 0.05) is 25.5 Å². The molecule has 2 aromatic heterocycles. The number of nitrogen functional groups attached to an aromatic ring is 1. The van der Waals surface area contributed by atoms with Gasteiger partial charge in [-0.1, -0.05) is 0 Å². The molecule has 0 spiro atoms. The standard InChI is InChI=1S/C12H19N7O/c1-8(2)15-10(20)7-18(3)12-11-14-4-5-19(11)6-9(16-12)17-13/h4-6,8,17H,7,13H2,1-3H3,(H,15,20). The first kappa shape index (κ1) is 14.1. The summed E-state index contributed by atoms with van der Waals surface area (Å²) in [7, 11) is 1.79. The van der Waals surface area contributed by atoms with Gasteiger partial charge < -0.3 is 20.0 Å². The van der Waals surface area contributed by atoms with Crippen molar-refractivity contribution in [2.24, 2.45) is 5.84 Å². The molecule has 2 heterocycles. The zero-order chi connectivity index (χ0) is 14.7. The molecule has 108 valence electrons. The SMILES string of the molecule is CC(C)NC(=O)CN(C)c1nc(NN)cn2ccnc12. The van der Waals surface area contributed by atoms with E-state index in [1.165, 1.54) is 0 Å². The van der Waals surface area contributed by atoms with Crippen molar-refractivity contribution in [3.63, 3.8) is 0 Å². The van der Waals surface area contributed by atoms with Crippen LogP contribution in [0.4, 0.5) is 11.6 Å². The highest BCUT2D eigenvalue weighted by Crippen LogP contribution is 2.18. The number of amides is 1. The third-order valence-electron chi connectivity index (χ3n) is 2.70. The fourth-order valence-corrected chi connectivity index (χ4v) is 1.90. The van der Waals surface area contributed by atoms with Gasteiger partial charge in [-0.15, -0.1) is 0 Å². The number of carbonyl (C=O) groups is 1. The lowest BCUT2D eigenvalue weighted by Crippen LogP contribution is -2.39. The van der Waals surface area contributed by atoms with E-state index in [2.05, 4.69) is 20.7 Å². The molecule has 4 N–H and O–H groups in total. The molecule has 0 unspecified atom stereocenters. The molecule has 2 aromatic rings. The van der Waals surface area contributed by atoms with Crippen molar-refractivity contribution in [1.29, 1.82) is 0 Å². The molecule has 0 aliphatic heterocycles. The summed E-state index contributed by atoms with van der Waals surface area (Å²) in [5, 5.41) is 2.84. The van der Waals surface area contributed by atoms with Gasteiger partial charge in [-0.2, -0.15) is 0 Å². The number of likely N-dealkylation sites (N-methyl/N-ethyl adjacent to an activating group) is 1. The Kier molecular flexibility index (Phi) is 4.04. The van der Waals surface area contributed by atoms with Crippen LogP contribution in [-0.4, -0.2) is 39.9 Å². The Morgan fingerprint density at radius 1 is 1.55 bits per heavy atom. The van der Waals surface area contributed by atoms with Crippen LogP contribution in [0.2, 0.25) is 0 Å². The van der Waals surface area contributed by atoms with Gasteiger partial charge >= 0.3 is 0 Å². The number of hydrazine groups is 1. The molecule has 20 heavy (non-hydrogen) atoms. The van der Waals surface area contributed by atoms with Crippen LogP contribution in [0, 0.1) is 0 Å². The molecule has 0 atom stereocenters. The zero-order valence-corrected chi connectivity index (χ0v) is 11.8. The number of hydrogen-bond donors (Lipinski definition) is 3. The molecule has 0 saturated heterocycles. The topological polar surface area (TPSA) is 101 Å². The molecule has 2 rings (SSSR count). The largest absolute Gasteiger partial charge is 0.352 e. The van der Waals surface area contributed by atoms with Gasteiger partial charge in [0.15, 0.2) is 17.3 Å². The van der Waals surface area contributed by atoms with Crippen LogP contribution in [0.1, 0.15) is 13.8 Å². The number of aromatic nitrogens is 3. The number of imidazole rings is 1. The summed E-state index contributed by atoms with van der Waals surface area (Å²) in [5.41, 5.74) is 3.17. The van der Waals surface area contributed by atoms with E-state index in [4.69, 9.17) is 5.84 Å². The summed E-state index contributed by atoms with van der Waals surface area (Å²) in [6.45, 7) is 4.03. The molecule has 0 saturated carbocycles. The monoisotopic (exact) mass is 277 g/mol. The minimum atomic E-state index is -0.0693. The Morgan fingerprint density at radius 2 is 2.30 bits per heavy atom. The number of hydrogen-bond acceptors (Lipinski definition) is 6. The van der Waals surface area contributed by atoms with E-state index in [-0.39, 0.29) is 18.5 Å². The minimum absolute atomic E-state index is 0.0693. The molecule has 0 aliphatic carbocycles. The maximum atomic E-state index is 11.8. The van der Waals surface area contributed by atoms with Crippen LogP contribution >= 0.6 is 0 Å². The Balaban J connectivity index is 2.26. The summed E-state index contributed by atoms with van der Waals surface area (Å²) in [6, 6.07) is 0.104. The van der Waals surface area contributed by atoms with E-state index in [9.17, 15) is 4.79 Å². The molecule has 8 heteroatoms. The van der Waals surface area contributed by atoms with Gasteiger partial charge in [-0.3, -0.25) is 4.79 Å². The fraction of sp³-hybridized carbons (Fsp3) is 0.417. The van der Waals surface area contributed by atoms with Crippen LogP contribution in [0.5, 0.6) is 0 Å². The van der Waals surface area contributed by atoms with Crippen LogP contribution in [0.3, 0.4) is 0 Å². The van der Waals surface area contributed by atoms with Gasteiger partial charge in [-0.25, -0.2) is 15.8 Å². The van der Waals surface area contributed by atoms with E-state index in [0.717, 1.165) is 0 Å². The smallest absolute Gasteiger partial charge is 0.239 e. The predicted octanol–water partition coefficient (Wildman–Crippen LogP) is -0.0243. The average Bonchev–Trinajstić information content (AvgIpc) is 2.84. The van der Waals surface area contributed by atoms with E-state index >= 15 is 0 Å². The highest BCUT2D eigenvalue weighted by molar-refractivity contribution is 5.82. The number of carbonyl (C=O) groups excluding carboxylic acids is 1. The fourth-order valence-electron chi connectivity index (χ4n) is 1.90. The maximum Gasteiger partial charge on any atom is 0.239 e. The van der Waals surface area contributed by atoms with Crippen molar-refractivity contribution in [1.82, 2.24) is 19.7 Å². The number of nitrogens with zero attached hydrogens (tertiary/aromatic N) is 4. The first-order chi connectivity index (χ1) is 9.51. The van der Waals surface area contributed by atoms with Crippen molar-refractivity contribution >= 4 is 23.2 Å². The molecular weight excluding hydrogens is 258 g/mol. The Labute approximate surface area is 117 Å². The number of anilines is 2. The third kappa shape index (κ3) is 2.97. The number of rotatable bonds is 5. The van der Waals surface area contributed by atoms with E-state index in [1.54, 1.807) is 34.9 Å². The predicted molar refractivity (Wildman–Crippen MR) is 77.3 cm³/mol. The Morgan fingerprint density at radius 3 is 2.95 bits per heavy atom. The van der Waals surface area contributed by atoms with E-state index < -0.39 is 0 Å². The van der Waals surface area contributed by atoms with E-state index in [0.29, 0.717) is 17.3 Å². The van der Waals surface area contributed by atoms with Crippen LogP contribution in [0.25, 0.3) is 5.65 Å². The van der Waals surface area contributed by atoms with Gasteiger partial charge in [0.05, 0.1) is 12.7 Å². The summed E-state index contributed by atoms with van der Waals surface area (Å²) in [4.78, 5) is 22.1. The number of nitrogens with two attached hydrogens (primary N) is 1. The summed E-state index contributed by atoms with van der Waals surface area (Å²) in [5.74, 6) is 6.42. The Bertz CT molecular complexity index is 607. The van der Waals surface area contributed by atoms with Crippen molar-refractivity contribution in [3.05, 3.63) is 18.6 Å². The molecule has 0 aromatic carbocycles. The third-order valence-corrected chi connectivity index (χ3v) is 2.70. The molecular formula is C12H19N7O. The van der Waals surface area contributed by atoms with E-state index in [1.807, 2.05) is 13.8 Å². The molecule has 0 bridgehead atoms. The van der Waals surface area contributed by atoms with Crippen molar-refractivity contribution in [2.45, 2.75) is 19.9 Å². The van der Waals surface area contributed by atoms with Crippen LogP contribution < -0.4 is 21.5 Å². The summed E-state index contributed by atoms with van der Waals surface area (Å²) >= 11 is 0. The lowest BCUT2D eigenvalue weighted by atomic mass is 10.4. The second-order valence-corrected chi connectivity index (χ2v) is 4.83. The molecule has 1 amide bonds. The minimum Gasteiger partial charge on any atom is -0.352 e. The quantitative estimate of drug-likeness (QED) is 0.524. The summed E-state index contributed by atoms with van der Waals surface area (Å²) < 4.78 is 1.80. The molecule has 8 nitrogen and oxygen atoms in total. The normalized spacial score (nSPS) is 10.8. The van der Waals surface area contributed by atoms with Crippen LogP contribution in [-0.2, 0) is 4.79 Å². The first-order valence-electron chi connectivity index (χ1n) is 6.32. The zero-order valence-electron chi connectivity index (χ0n) is 11.8. The second-order valence-electron chi connectivity index (χ2n) is 4.83. The highest BCUT2D eigenvalue weighted by Gasteiger charge is 2.14. The lowest BCUT2D eigenvalue weighted by molar-refractivity contribution is -0.120. The molecule has 0 aliphatic rings. The van der Waals surface area contributed by atoms with Crippen molar-refractivity contribution in [2.75, 3.05) is 23.9 Å². The first-order valence-corrected chi connectivity index (χ1v) is 6.32. The summed E-state index contributed by atoms with van der Waals surface area (Å²) in [6.07, 6.45) is 5.19. The Hall–Kier alpha value is -2.35. The lowest BCUT2D eigenvalue weighted by Gasteiger charge is -2.19. The van der Waals surface area contributed by atoms with Gasteiger partial charge in [0.1, 0.15) is 0 Å². The average molecular weight is 277 g/mol. The van der Waals surface area contributed by atoms with Crippen molar-refractivity contribution < 1.29 is 4.79 Å². The van der Waals surface area contributed by atoms with Gasteiger partial charge in [0.2, 0.25) is 5.91 Å². The molecule has 0 fully saturated rings. The van der Waals surface area contributed by atoms with Crippen molar-refractivity contribution in [3.8, 4) is 0 Å².